The van der Waals surface area contributed by atoms with Crippen LogP contribution in [0.2, 0.25) is 0 Å². The molecule has 2 aromatic heterocycles. The summed E-state index contributed by atoms with van der Waals surface area (Å²) in [5.41, 5.74) is 0.930. The number of hydrogen-bond donors (Lipinski definition) is 2. The summed E-state index contributed by atoms with van der Waals surface area (Å²) in [4.78, 5) is 6.72. The third kappa shape index (κ3) is 2.11. The van der Waals surface area contributed by atoms with E-state index in [9.17, 15) is 0 Å². The second-order valence-corrected chi connectivity index (χ2v) is 4.55. The molecule has 0 aromatic carbocycles. The van der Waals surface area contributed by atoms with Gasteiger partial charge in [0.25, 0.3) is 0 Å². The van der Waals surface area contributed by atoms with Gasteiger partial charge in [-0.2, -0.15) is 4.98 Å². The highest BCUT2D eigenvalue weighted by Gasteiger charge is 2.20. The molecule has 3 heterocycles. The first-order valence-electron chi connectivity index (χ1n) is 6.24. The lowest BCUT2D eigenvalue weighted by molar-refractivity contribution is 0.439. The van der Waals surface area contributed by atoms with Gasteiger partial charge in [0.05, 0.1) is 11.8 Å². The fourth-order valence-corrected chi connectivity index (χ4v) is 2.29. The van der Waals surface area contributed by atoms with E-state index in [4.69, 9.17) is 4.42 Å². The van der Waals surface area contributed by atoms with E-state index in [-0.39, 0.29) is 0 Å². The summed E-state index contributed by atoms with van der Waals surface area (Å²) in [6.07, 6.45) is 5.56. The van der Waals surface area contributed by atoms with Gasteiger partial charge in [-0.3, -0.25) is 5.10 Å². The lowest BCUT2D eigenvalue weighted by Crippen LogP contribution is -2.41. The Balaban J connectivity index is 1.71. The van der Waals surface area contributed by atoms with Gasteiger partial charge < -0.3 is 14.6 Å². The molecule has 6 nitrogen and oxygen atoms in total. The average Bonchev–Trinajstić information content (AvgIpc) is 3.09. The van der Waals surface area contributed by atoms with E-state index in [0.29, 0.717) is 6.04 Å². The molecule has 0 unspecified atom stereocenters. The molecule has 2 N–H and O–H groups in total. The first kappa shape index (κ1) is 11.3. The van der Waals surface area contributed by atoms with Crippen LogP contribution in [0.1, 0.15) is 12.8 Å². The van der Waals surface area contributed by atoms with Crippen LogP contribution in [0.3, 0.4) is 0 Å². The van der Waals surface area contributed by atoms with Crippen LogP contribution in [0.5, 0.6) is 0 Å². The third-order valence-electron chi connectivity index (χ3n) is 3.45. The molecule has 1 saturated heterocycles. The van der Waals surface area contributed by atoms with Gasteiger partial charge in [0.15, 0.2) is 5.82 Å². The normalized spacial score (nSPS) is 17.3. The second kappa shape index (κ2) is 4.81. The molecule has 1 aliphatic heterocycles. The molecule has 0 aliphatic carbocycles. The van der Waals surface area contributed by atoms with Crippen LogP contribution < -0.4 is 10.2 Å². The minimum atomic E-state index is 0.619. The van der Waals surface area contributed by atoms with Gasteiger partial charge in [0.2, 0.25) is 5.95 Å². The maximum atomic E-state index is 5.04. The molecular formula is C12H17N5O. The summed E-state index contributed by atoms with van der Waals surface area (Å²) in [6.45, 7) is 1.99. The van der Waals surface area contributed by atoms with Crippen molar-refractivity contribution < 1.29 is 4.42 Å². The molecule has 0 saturated carbocycles. The van der Waals surface area contributed by atoms with Crippen molar-refractivity contribution in [3.8, 4) is 11.4 Å². The van der Waals surface area contributed by atoms with E-state index < -0.39 is 0 Å². The first-order valence-corrected chi connectivity index (χ1v) is 6.24. The lowest BCUT2D eigenvalue weighted by atomic mass is 10.1. The van der Waals surface area contributed by atoms with Gasteiger partial charge >= 0.3 is 0 Å². The number of furan rings is 1. The number of anilines is 1. The summed E-state index contributed by atoms with van der Waals surface area (Å²) in [5.74, 6) is 1.54. The van der Waals surface area contributed by atoms with Crippen LogP contribution in [0, 0.1) is 0 Å². The Kier molecular flexibility index (Phi) is 3.02. The van der Waals surface area contributed by atoms with E-state index in [0.717, 1.165) is 43.3 Å². The molecule has 3 rings (SSSR count). The zero-order chi connectivity index (χ0) is 12.4. The molecule has 0 bridgehead atoms. The maximum Gasteiger partial charge on any atom is 0.245 e. The molecule has 0 spiro atoms. The van der Waals surface area contributed by atoms with Crippen LogP contribution in [0.25, 0.3) is 11.4 Å². The fourth-order valence-electron chi connectivity index (χ4n) is 2.29. The SMILES string of the molecule is CNC1CCN(c2n[nH]c(-c3ccoc3)n2)CC1. The van der Waals surface area contributed by atoms with Crippen molar-refractivity contribution in [3.63, 3.8) is 0 Å². The Bertz CT molecular complexity index is 484. The molecule has 18 heavy (non-hydrogen) atoms. The highest BCUT2D eigenvalue weighted by molar-refractivity contribution is 5.54. The Hall–Kier alpha value is -1.82. The van der Waals surface area contributed by atoms with Crippen molar-refractivity contribution in [2.75, 3.05) is 25.0 Å². The number of H-pyrrole nitrogens is 1. The maximum absolute atomic E-state index is 5.04. The molecule has 1 aliphatic rings. The van der Waals surface area contributed by atoms with Gasteiger partial charge in [-0.05, 0) is 26.0 Å². The van der Waals surface area contributed by atoms with Gasteiger partial charge in [0, 0.05) is 19.1 Å². The number of nitrogens with zero attached hydrogens (tertiary/aromatic N) is 3. The highest BCUT2D eigenvalue weighted by Crippen LogP contribution is 2.20. The molecule has 96 valence electrons. The molecule has 0 radical (unpaired) electrons. The van der Waals surface area contributed by atoms with Gasteiger partial charge in [0.1, 0.15) is 6.26 Å². The van der Waals surface area contributed by atoms with Crippen LogP contribution in [-0.2, 0) is 0 Å². The van der Waals surface area contributed by atoms with Crippen molar-refractivity contribution in [1.82, 2.24) is 20.5 Å². The zero-order valence-corrected chi connectivity index (χ0v) is 10.4. The number of hydrogen-bond acceptors (Lipinski definition) is 5. The van der Waals surface area contributed by atoms with Crippen molar-refractivity contribution in [1.29, 1.82) is 0 Å². The monoisotopic (exact) mass is 247 g/mol. The number of nitrogens with one attached hydrogen (secondary N) is 2. The number of rotatable bonds is 3. The van der Waals surface area contributed by atoms with Gasteiger partial charge in [-0.1, -0.05) is 0 Å². The van der Waals surface area contributed by atoms with Gasteiger partial charge in [-0.25, -0.2) is 0 Å². The van der Waals surface area contributed by atoms with Crippen molar-refractivity contribution in [2.24, 2.45) is 0 Å². The minimum absolute atomic E-state index is 0.619. The van der Waals surface area contributed by atoms with Crippen molar-refractivity contribution in [3.05, 3.63) is 18.6 Å². The van der Waals surface area contributed by atoms with Crippen molar-refractivity contribution in [2.45, 2.75) is 18.9 Å². The summed E-state index contributed by atoms with van der Waals surface area (Å²) in [7, 11) is 2.02. The third-order valence-corrected chi connectivity index (χ3v) is 3.45. The highest BCUT2D eigenvalue weighted by atomic mass is 16.3. The number of piperidine rings is 1. The van der Waals surface area contributed by atoms with Crippen molar-refractivity contribution >= 4 is 5.95 Å². The standard InChI is InChI=1S/C12H17N5O/c1-13-10-2-5-17(6-3-10)12-14-11(15-16-12)9-4-7-18-8-9/h4,7-8,10,13H,2-3,5-6H2,1H3,(H,14,15,16). The summed E-state index contributed by atoms with van der Waals surface area (Å²) >= 11 is 0. The Labute approximate surface area is 105 Å². The number of aromatic amines is 1. The molecule has 0 amide bonds. The largest absolute Gasteiger partial charge is 0.472 e. The Morgan fingerprint density at radius 1 is 1.44 bits per heavy atom. The quantitative estimate of drug-likeness (QED) is 0.854. The van der Waals surface area contributed by atoms with Crippen LogP contribution in [0.4, 0.5) is 5.95 Å². The Morgan fingerprint density at radius 3 is 2.94 bits per heavy atom. The lowest BCUT2D eigenvalue weighted by Gasteiger charge is -2.30. The first-order chi connectivity index (χ1) is 8.86. The minimum Gasteiger partial charge on any atom is -0.472 e. The van der Waals surface area contributed by atoms with E-state index in [1.165, 1.54) is 0 Å². The zero-order valence-electron chi connectivity index (χ0n) is 10.4. The van der Waals surface area contributed by atoms with Crippen LogP contribution in [0.15, 0.2) is 23.0 Å². The summed E-state index contributed by atoms with van der Waals surface area (Å²) < 4.78 is 5.04. The fraction of sp³-hybridized carbons (Fsp3) is 0.500. The summed E-state index contributed by atoms with van der Waals surface area (Å²) in [6, 6.07) is 2.49. The second-order valence-electron chi connectivity index (χ2n) is 4.55. The van der Waals surface area contributed by atoms with E-state index in [1.807, 2.05) is 13.1 Å². The van der Waals surface area contributed by atoms with E-state index >= 15 is 0 Å². The van der Waals surface area contributed by atoms with Crippen LogP contribution >= 0.6 is 0 Å². The molecular weight excluding hydrogens is 230 g/mol. The predicted octanol–water partition coefficient (Wildman–Crippen LogP) is 1.25. The molecule has 0 atom stereocenters. The van der Waals surface area contributed by atoms with Gasteiger partial charge in [-0.15, -0.1) is 5.10 Å². The predicted molar refractivity (Wildman–Crippen MR) is 68.4 cm³/mol. The molecule has 2 aromatic rings. The topological polar surface area (TPSA) is 70.0 Å². The smallest absolute Gasteiger partial charge is 0.245 e. The van der Waals surface area contributed by atoms with E-state index in [1.54, 1.807) is 12.5 Å². The molecule has 1 fully saturated rings. The molecule has 6 heteroatoms. The van der Waals surface area contributed by atoms with Crippen LogP contribution in [-0.4, -0.2) is 41.4 Å². The van der Waals surface area contributed by atoms with E-state index in [2.05, 4.69) is 25.4 Å². The summed E-state index contributed by atoms with van der Waals surface area (Å²) in [5, 5.41) is 10.5. The average molecular weight is 247 g/mol. The Morgan fingerprint density at radius 2 is 2.28 bits per heavy atom. The number of aromatic nitrogens is 3.